The standard InChI is InChI=1S/C33H22O/c34-33(31-27-17-9-7-15-25(27)19-21-29(31)23-11-3-1-4-12-23)32-28-18-10-8-16-26(28)20-22-30(32)24-13-5-2-6-14-24/h1-22H. The molecule has 0 aromatic heterocycles. The van der Waals surface area contributed by atoms with Crippen LogP contribution < -0.4 is 0 Å². The van der Waals surface area contributed by atoms with Gasteiger partial charge in [0.15, 0.2) is 5.78 Å². The number of rotatable bonds is 4. The molecule has 1 nitrogen and oxygen atoms in total. The lowest BCUT2D eigenvalue weighted by Crippen LogP contribution is -2.08. The number of hydrogen-bond donors (Lipinski definition) is 0. The maximum atomic E-state index is 14.7. The zero-order valence-electron chi connectivity index (χ0n) is 18.6. The van der Waals surface area contributed by atoms with Crippen LogP contribution in [0.15, 0.2) is 133 Å². The molecule has 34 heavy (non-hydrogen) atoms. The monoisotopic (exact) mass is 434 g/mol. The lowest BCUT2D eigenvalue weighted by Gasteiger charge is -2.17. The summed E-state index contributed by atoms with van der Waals surface area (Å²) in [5.74, 6) is 0.0475. The highest BCUT2D eigenvalue weighted by Crippen LogP contribution is 2.37. The first-order chi connectivity index (χ1) is 16.8. The summed E-state index contributed by atoms with van der Waals surface area (Å²) in [6, 6.07) is 45.1. The summed E-state index contributed by atoms with van der Waals surface area (Å²) in [5, 5.41) is 4.07. The number of hydrogen-bond acceptors (Lipinski definition) is 1. The van der Waals surface area contributed by atoms with E-state index in [0.717, 1.165) is 54.9 Å². The van der Waals surface area contributed by atoms with E-state index in [-0.39, 0.29) is 5.78 Å². The van der Waals surface area contributed by atoms with Crippen LogP contribution >= 0.6 is 0 Å². The number of carbonyl (C=O) groups excluding carboxylic acids is 1. The van der Waals surface area contributed by atoms with E-state index in [4.69, 9.17) is 0 Å². The molecule has 0 aliphatic rings. The van der Waals surface area contributed by atoms with Crippen LogP contribution in [0.4, 0.5) is 0 Å². The highest BCUT2D eigenvalue weighted by Gasteiger charge is 2.23. The molecule has 1 heteroatoms. The second kappa shape index (κ2) is 8.46. The van der Waals surface area contributed by atoms with Gasteiger partial charge >= 0.3 is 0 Å². The third-order valence-corrected chi connectivity index (χ3v) is 6.48. The van der Waals surface area contributed by atoms with Crippen molar-refractivity contribution in [2.75, 3.05) is 0 Å². The first-order valence-electron chi connectivity index (χ1n) is 11.5. The van der Waals surface area contributed by atoms with Crippen molar-refractivity contribution in [1.29, 1.82) is 0 Å². The minimum absolute atomic E-state index is 0.0475. The maximum absolute atomic E-state index is 14.7. The van der Waals surface area contributed by atoms with Gasteiger partial charge in [-0.2, -0.15) is 0 Å². The molecule has 0 fully saturated rings. The van der Waals surface area contributed by atoms with Crippen molar-refractivity contribution in [2.24, 2.45) is 0 Å². The fraction of sp³-hybridized carbons (Fsp3) is 0. The van der Waals surface area contributed by atoms with E-state index in [0.29, 0.717) is 0 Å². The van der Waals surface area contributed by atoms with E-state index in [1.54, 1.807) is 0 Å². The summed E-state index contributed by atoms with van der Waals surface area (Å²) >= 11 is 0. The van der Waals surface area contributed by atoms with Gasteiger partial charge in [-0.15, -0.1) is 0 Å². The third-order valence-electron chi connectivity index (χ3n) is 6.48. The van der Waals surface area contributed by atoms with Gasteiger partial charge in [0.05, 0.1) is 0 Å². The molecule has 0 aliphatic carbocycles. The second-order valence-electron chi connectivity index (χ2n) is 8.48. The van der Waals surface area contributed by atoms with Gasteiger partial charge in [-0.1, -0.05) is 133 Å². The Labute approximate surface area is 198 Å². The number of benzene rings is 6. The summed E-state index contributed by atoms with van der Waals surface area (Å²) in [6.45, 7) is 0. The van der Waals surface area contributed by atoms with Crippen LogP contribution in [0.2, 0.25) is 0 Å². The van der Waals surface area contributed by atoms with Crippen LogP contribution in [0, 0.1) is 0 Å². The molecule has 6 aromatic rings. The maximum Gasteiger partial charge on any atom is 0.195 e. The van der Waals surface area contributed by atoms with Crippen molar-refractivity contribution in [3.05, 3.63) is 145 Å². The fourth-order valence-corrected chi connectivity index (χ4v) is 4.87. The van der Waals surface area contributed by atoms with Crippen LogP contribution in [-0.4, -0.2) is 5.78 Å². The van der Waals surface area contributed by atoms with Gasteiger partial charge in [-0.05, 0) is 43.8 Å². The Hall–Kier alpha value is -4.49. The molecule has 0 heterocycles. The Bertz CT molecular complexity index is 1520. The first kappa shape index (κ1) is 20.1. The summed E-state index contributed by atoms with van der Waals surface area (Å²) in [6.07, 6.45) is 0. The number of fused-ring (bicyclic) bond motifs is 2. The van der Waals surface area contributed by atoms with Crippen molar-refractivity contribution in [3.8, 4) is 22.3 Å². The van der Waals surface area contributed by atoms with E-state index < -0.39 is 0 Å². The van der Waals surface area contributed by atoms with Gasteiger partial charge in [0.2, 0.25) is 0 Å². The van der Waals surface area contributed by atoms with Crippen molar-refractivity contribution < 1.29 is 4.79 Å². The Morgan fingerprint density at radius 3 is 1.21 bits per heavy atom. The minimum Gasteiger partial charge on any atom is -0.289 e. The van der Waals surface area contributed by atoms with Crippen LogP contribution in [-0.2, 0) is 0 Å². The quantitative estimate of drug-likeness (QED) is 0.254. The number of carbonyl (C=O) groups is 1. The molecule has 0 radical (unpaired) electrons. The first-order valence-corrected chi connectivity index (χ1v) is 11.5. The van der Waals surface area contributed by atoms with Crippen LogP contribution in [0.25, 0.3) is 43.8 Å². The topological polar surface area (TPSA) is 17.1 Å². The van der Waals surface area contributed by atoms with Crippen LogP contribution in [0.5, 0.6) is 0 Å². The SMILES string of the molecule is O=C(c1c(-c2ccccc2)ccc2ccccc12)c1c(-c2ccccc2)ccc2ccccc12. The normalized spacial score (nSPS) is 11.1. The van der Waals surface area contributed by atoms with Gasteiger partial charge < -0.3 is 0 Å². The van der Waals surface area contributed by atoms with E-state index in [2.05, 4.69) is 72.8 Å². The number of ketones is 1. The van der Waals surface area contributed by atoms with Crippen molar-refractivity contribution in [1.82, 2.24) is 0 Å². The molecule has 0 spiro atoms. The lowest BCUT2D eigenvalue weighted by molar-refractivity contribution is 0.104. The highest BCUT2D eigenvalue weighted by molar-refractivity contribution is 6.26. The lowest BCUT2D eigenvalue weighted by atomic mass is 9.85. The molecular weight excluding hydrogens is 412 g/mol. The van der Waals surface area contributed by atoms with Crippen LogP contribution in [0.3, 0.4) is 0 Å². The molecular formula is C33H22O. The molecule has 0 bridgehead atoms. The predicted molar refractivity (Wildman–Crippen MR) is 142 cm³/mol. The van der Waals surface area contributed by atoms with Crippen molar-refractivity contribution in [3.63, 3.8) is 0 Å². The molecule has 0 N–H and O–H groups in total. The minimum atomic E-state index is 0.0475. The molecule has 160 valence electrons. The summed E-state index contributed by atoms with van der Waals surface area (Å²) in [4.78, 5) is 14.7. The van der Waals surface area contributed by atoms with E-state index in [1.165, 1.54) is 0 Å². The summed E-state index contributed by atoms with van der Waals surface area (Å²) < 4.78 is 0. The van der Waals surface area contributed by atoms with Gasteiger partial charge in [-0.25, -0.2) is 0 Å². The van der Waals surface area contributed by atoms with E-state index >= 15 is 0 Å². The smallest absolute Gasteiger partial charge is 0.195 e. The summed E-state index contributed by atoms with van der Waals surface area (Å²) in [5.41, 5.74) is 5.49. The zero-order valence-corrected chi connectivity index (χ0v) is 18.6. The van der Waals surface area contributed by atoms with E-state index in [9.17, 15) is 4.79 Å². The Kier molecular flexibility index (Phi) is 5.01. The van der Waals surface area contributed by atoms with E-state index in [1.807, 2.05) is 60.7 Å². The second-order valence-corrected chi connectivity index (χ2v) is 8.48. The molecule has 0 saturated heterocycles. The summed E-state index contributed by atoms with van der Waals surface area (Å²) in [7, 11) is 0. The molecule has 0 saturated carbocycles. The average Bonchev–Trinajstić information content (AvgIpc) is 2.92. The Morgan fingerprint density at radius 1 is 0.382 bits per heavy atom. The van der Waals surface area contributed by atoms with Crippen LogP contribution in [0.1, 0.15) is 15.9 Å². The molecule has 6 rings (SSSR count). The largest absolute Gasteiger partial charge is 0.289 e. The molecule has 0 unspecified atom stereocenters. The zero-order chi connectivity index (χ0) is 22.9. The molecule has 0 atom stereocenters. The van der Waals surface area contributed by atoms with Gasteiger partial charge in [0, 0.05) is 11.1 Å². The van der Waals surface area contributed by atoms with Gasteiger partial charge in [0.1, 0.15) is 0 Å². The van der Waals surface area contributed by atoms with Crippen molar-refractivity contribution in [2.45, 2.75) is 0 Å². The van der Waals surface area contributed by atoms with Gasteiger partial charge in [0.25, 0.3) is 0 Å². The molecule has 6 aromatic carbocycles. The highest BCUT2D eigenvalue weighted by atomic mass is 16.1. The third kappa shape index (κ3) is 3.39. The van der Waals surface area contributed by atoms with Crippen molar-refractivity contribution >= 4 is 27.3 Å². The molecule has 0 amide bonds. The average molecular weight is 435 g/mol. The Morgan fingerprint density at radius 2 is 0.765 bits per heavy atom. The Balaban J connectivity index is 1.71. The fourth-order valence-electron chi connectivity index (χ4n) is 4.87. The van der Waals surface area contributed by atoms with Gasteiger partial charge in [-0.3, -0.25) is 4.79 Å². The predicted octanol–water partition coefficient (Wildman–Crippen LogP) is 8.56. The molecule has 0 aliphatic heterocycles.